The molecule has 3 heterocycles. The molecule has 1 N–H and O–H groups in total. The Balaban J connectivity index is 1.45. The second-order valence-electron chi connectivity index (χ2n) is 10.5. The quantitative estimate of drug-likeness (QED) is 0.619. The zero-order valence-electron chi connectivity index (χ0n) is 19.9. The standard InChI is InChI=1S/C26H32FN5O2/c1-18-22-23(21(29-32(22)14-13-28-18)19-3-5-20(27)6-4-19)30-15-16-31(24(30)33)26-10-7-25(8-11-26,9-12-26)17-34-2/h3-6,15-16,18,28H,7-14,17H2,1-2H3/t18-,25?,26?/m0/s1. The predicted octanol–water partition coefficient (Wildman–Crippen LogP) is 4.00. The number of imidazole rings is 1. The Morgan fingerprint density at radius 1 is 1.12 bits per heavy atom. The third kappa shape index (κ3) is 3.22. The molecule has 0 amide bonds. The van der Waals surface area contributed by atoms with Crippen LogP contribution >= 0.6 is 0 Å². The molecule has 180 valence electrons. The van der Waals surface area contributed by atoms with Gasteiger partial charge < -0.3 is 10.1 Å². The van der Waals surface area contributed by atoms with Gasteiger partial charge in [-0.1, -0.05) is 0 Å². The van der Waals surface area contributed by atoms with Gasteiger partial charge in [0, 0.05) is 43.2 Å². The van der Waals surface area contributed by atoms with Gasteiger partial charge in [0.05, 0.1) is 18.8 Å². The van der Waals surface area contributed by atoms with Gasteiger partial charge in [-0.2, -0.15) is 5.10 Å². The zero-order chi connectivity index (χ0) is 23.5. The van der Waals surface area contributed by atoms with Gasteiger partial charge in [-0.05, 0) is 75.1 Å². The van der Waals surface area contributed by atoms with Crippen LogP contribution in [0.25, 0.3) is 16.9 Å². The third-order valence-corrected chi connectivity index (χ3v) is 8.61. The highest BCUT2D eigenvalue weighted by Gasteiger charge is 2.50. The van der Waals surface area contributed by atoms with Crippen molar-refractivity contribution < 1.29 is 9.13 Å². The first-order valence-electron chi connectivity index (χ1n) is 12.4. The summed E-state index contributed by atoms with van der Waals surface area (Å²) in [6.07, 6.45) is 10.2. The number of hydrogen-bond donors (Lipinski definition) is 1. The summed E-state index contributed by atoms with van der Waals surface area (Å²) in [5, 5.41) is 8.38. The molecule has 0 saturated heterocycles. The lowest BCUT2D eigenvalue weighted by Gasteiger charge is -2.53. The van der Waals surface area contributed by atoms with Gasteiger partial charge in [0.15, 0.2) is 0 Å². The summed E-state index contributed by atoms with van der Waals surface area (Å²) in [4.78, 5) is 14.0. The molecular weight excluding hydrogens is 433 g/mol. The van der Waals surface area contributed by atoms with E-state index in [1.807, 2.05) is 21.6 Å². The minimum absolute atomic E-state index is 0.0157. The maximum atomic E-state index is 14.0. The van der Waals surface area contributed by atoms with Crippen molar-refractivity contribution in [3.63, 3.8) is 0 Å². The van der Waals surface area contributed by atoms with Crippen LogP contribution in [-0.2, 0) is 16.8 Å². The van der Waals surface area contributed by atoms with E-state index >= 15 is 0 Å². The van der Waals surface area contributed by atoms with E-state index in [2.05, 4.69) is 12.2 Å². The molecule has 2 bridgehead atoms. The maximum absolute atomic E-state index is 14.0. The number of halogens is 1. The average molecular weight is 466 g/mol. The molecule has 1 atom stereocenters. The van der Waals surface area contributed by atoms with Gasteiger partial charge in [0.2, 0.25) is 0 Å². The first-order chi connectivity index (χ1) is 16.5. The number of methoxy groups -OCH3 is 1. The number of benzene rings is 1. The summed E-state index contributed by atoms with van der Waals surface area (Å²) in [6.45, 7) is 4.46. The minimum atomic E-state index is -0.286. The number of nitrogens with zero attached hydrogens (tertiary/aromatic N) is 4. The van der Waals surface area contributed by atoms with Crippen molar-refractivity contribution in [1.82, 2.24) is 24.2 Å². The Morgan fingerprint density at radius 2 is 1.82 bits per heavy atom. The molecule has 2 aromatic heterocycles. The molecule has 3 saturated carbocycles. The van der Waals surface area contributed by atoms with Gasteiger partial charge in [0.25, 0.3) is 0 Å². The van der Waals surface area contributed by atoms with Crippen molar-refractivity contribution in [2.75, 3.05) is 20.3 Å². The van der Waals surface area contributed by atoms with E-state index in [0.29, 0.717) is 5.69 Å². The molecule has 8 heteroatoms. The largest absolute Gasteiger partial charge is 0.384 e. The van der Waals surface area contributed by atoms with E-state index in [4.69, 9.17) is 9.84 Å². The van der Waals surface area contributed by atoms with Gasteiger partial charge >= 0.3 is 5.69 Å². The van der Waals surface area contributed by atoms with Crippen LogP contribution in [0.15, 0.2) is 41.5 Å². The summed E-state index contributed by atoms with van der Waals surface area (Å²) in [5.74, 6) is -0.286. The van der Waals surface area contributed by atoms with Gasteiger partial charge in [0.1, 0.15) is 17.2 Å². The van der Waals surface area contributed by atoms with E-state index in [1.165, 1.54) is 12.1 Å². The third-order valence-electron chi connectivity index (χ3n) is 8.61. The van der Waals surface area contributed by atoms with E-state index in [9.17, 15) is 9.18 Å². The minimum Gasteiger partial charge on any atom is -0.384 e. The Kier molecular flexibility index (Phi) is 5.08. The zero-order valence-corrected chi connectivity index (χ0v) is 19.9. The van der Waals surface area contributed by atoms with Crippen molar-refractivity contribution in [2.45, 2.75) is 63.6 Å². The van der Waals surface area contributed by atoms with Gasteiger partial charge in [-0.3, -0.25) is 13.8 Å². The van der Waals surface area contributed by atoms with Crippen molar-refractivity contribution in [3.05, 3.63) is 58.7 Å². The molecule has 4 aliphatic rings. The molecule has 1 aromatic carbocycles. The van der Waals surface area contributed by atoms with Crippen LogP contribution in [0.2, 0.25) is 0 Å². The summed E-state index contributed by atoms with van der Waals surface area (Å²) in [5.41, 5.74) is 3.46. The SMILES string of the molecule is COCC12CCC(n3ccn(-c4c(-c5ccc(F)cc5)nn5c4[C@H](C)NCC5)c3=O)(CC1)CC2. The lowest BCUT2D eigenvalue weighted by molar-refractivity contribution is -0.0478. The molecule has 0 radical (unpaired) electrons. The Morgan fingerprint density at radius 3 is 2.50 bits per heavy atom. The monoisotopic (exact) mass is 465 g/mol. The number of rotatable bonds is 5. The van der Waals surface area contributed by atoms with Crippen molar-refractivity contribution in [3.8, 4) is 16.9 Å². The first-order valence-corrected chi connectivity index (χ1v) is 12.4. The molecule has 34 heavy (non-hydrogen) atoms. The normalized spacial score (nSPS) is 28.3. The highest BCUT2D eigenvalue weighted by atomic mass is 19.1. The molecule has 0 spiro atoms. The molecular formula is C26H32FN5O2. The molecule has 3 aliphatic carbocycles. The fourth-order valence-corrected chi connectivity index (χ4v) is 6.62. The number of aromatic nitrogens is 4. The van der Waals surface area contributed by atoms with E-state index in [-0.39, 0.29) is 28.5 Å². The second kappa shape index (κ2) is 7.92. The summed E-state index contributed by atoms with van der Waals surface area (Å²) in [6, 6.07) is 6.43. The number of hydrogen-bond acceptors (Lipinski definition) is 4. The average Bonchev–Trinajstić information content (AvgIpc) is 3.42. The Bertz CT molecular complexity index is 1250. The summed E-state index contributed by atoms with van der Waals surface area (Å²) in [7, 11) is 1.79. The van der Waals surface area contributed by atoms with Crippen LogP contribution in [0, 0.1) is 11.2 Å². The summed E-state index contributed by atoms with van der Waals surface area (Å²) >= 11 is 0. The van der Waals surface area contributed by atoms with Crippen LogP contribution < -0.4 is 11.0 Å². The van der Waals surface area contributed by atoms with Crippen LogP contribution in [0.1, 0.15) is 57.2 Å². The van der Waals surface area contributed by atoms with Crippen molar-refractivity contribution >= 4 is 0 Å². The highest BCUT2D eigenvalue weighted by molar-refractivity contribution is 5.71. The molecule has 0 unspecified atom stereocenters. The lowest BCUT2D eigenvalue weighted by atomic mass is 9.57. The number of nitrogens with one attached hydrogen (secondary N) is 1. The smallest absolute Gasteiger partial charge is 0.333 e. The Hall–Kier alpha value is -2.71. The van der Waals surface area contributed by atoms with Crippen molar-refractivity contribution in [2.24, 2.45) is 5.41 Å². The fourth-order valence-electron chi connectivity index (χ4n) is 6.62. The maximum Gasteiger partial charge on any atom is 0.333 e. The molecule has 3 fully saturated rings. The van der Waals surface area contributed by atoms with Crippen LogP contribution in [0.3, 0.4) is 0 Å². The van der Waals surface area contributed by atoms with Gasteiger partial charge in [-0.25, -0.2) is 9.18 Å². The van der Waals surface area contributed by atoms with Crippen LogP contribution in [-0.4, -0.2) is 39.2 Å². The van der Waals surface area contributed by atoms with Crippen molar-refractivity contribution in [1.29, 1.82) is 0 Å². The van der Waals surface area contributed by atoms with Gasteiger partial charge in [-0.15, -0.1) is 0 Å². The molecule has 7 nitrogen and oxygen atoms in total. The van der Waals surface area contributed by atoms with E-state index in [1.54, 1.807) is 23.8 Å². The molecule has 3 aromatic rings. The fraction of sp³-hybridized carbons (Fsp3) is 0.538. The second-order valence-corrected chi connectivity index (χ2v) is 10.5. The number of ether oxygens (including phenoxy) is 1. The summed E-state index contributed by atoms with van der Waals surface area (Å²) < 4.78 is 24.9. The number of fused-ring (bicyclic) bond motifs is 4. The molecule has 7 rings (SSSR count). The van der Waals surface area contributed by atoms with Crippen LogP contribution in [0.5, 0.6) is 0 Å². The van der Waals surface area contributed by atoms with Crippen LogP contribution in [0.4, 0.5) is 4.39 Å². The topological polar surface area (TPSA) is 66.0 Å². The van der Waals surface area contributed by atoms with E-state index < -0.39 is 0 Å². The Labute approximate surface area is 198 Å². The predicted molar refractivity (Wildman–Crippen MR) is 128 cm³/mol. The first kappa shape index (κ1) is 21.8. The highest BCUT2D eigenvalue weighted by Crippen LogP contribution is 2.55. The lowest BCUT2D eigenvalue weighted by Crippen LogP contribution is -2.52. The van der Waals surface area contributed by atoms with E-state index in [0.717, 1.165) is 75.2 Å². The molecule has 1 aliphatic heterocycles.